The molecule has 1 aromatic rings. The maximum atomic E-state index is 10.6. The SMILES string of the molecule is CC(=O)NCc1cc(C2CNC2)no1. The Morgan fingerprint density at radius 3 is 3.14 bits per heavy atom. The van der Waals surface area contributed by atoms with Crippen LogP contribution >= 0.6 is 0 Å². The lowest BCUT2D eigenvalue weighted by Crippen LogP contribution is -2.40. The van der Waals surface area contributed by atoms with Crippen molar-refractivity contribution in [3.05, 3.63) is 17.5 Å². The average Bonchev–Trinajstić information content (AvgIpc) is 2.46. The van der Waals surface area contributed by atoms with E-state index in [2.05, 4.69) is 15.8 Å². The molecule has 2 heterocycles. The molecule has 2 N–H and O–H groups in total. The minimum atomic E-state index is -0.0618. The van der Waals surface area contributed by atoms with Gasteiger partial charge in [0.1, 0.15) is 0 Å². The fourth-order valence-electron chi connectivity index (χ4n) is 1.31. The predicted molar refractivity (Wildman–Crippen MR) is 49.6 cm³/mol. The molecule has 1 fully saturated rings. The maximum Gasteiger partial charge on any atom is 0.217 e. The topological polar surface area (TPSA) is 67.2 Å². The van der Waals surface area contributed by atoms with E-state index in [1.54, 1.807) is 0 Å². The van der Waals surface area contributed by atoms with E-state index < -0.39 is 0 Å². The van der Waals surface area contributed by atoms with Gasteiger partial charge in [-0.2, -0.15) is 0 Å². The van der Waals surface area contributed by atoms with Crippen LogP contribution in [0.15, 0.2) is 10.6 Å². The number of carbonyl (C=O) groups is 1. The van der Waals surface area contributed by atoms with E-state index in [0.717, 1.165) is 18.8 Å². The summed E-state index contributed by atoms with van der Waals surface area (Å²) >= 11 is 0. The van der Waals surface area contributed by atoms with Crippen LogP contribution in [0, 0.1) is 0 Å². The number of nitrogens with zero attached hydrogens (tertiary/aromatic N) is 1. The molecule has 5 nitrogen and oxygen atoms in total. The Kier molecular flexibility index (Phi) is 2.49. The molecule has 14 heavy (non-hydrogen) atoms. The van der Waals surface area contributed by atoms with Crippen molar-refractivity contribution in [2.75, 3.05) is 13.1 Å². The number of nitrogens with one attached hydrogen (secondary N) is 2. The van der Waals surface area contributed by atoms with Gasteiger partial charge in [-0.05, 0) is 0 Å². The molecule has 2 rings (SSSR count). The van der Waals surface area contributed by atoms with Crippen LogP contribution in [0.1, 0.15) is 24.3 Å². The van der Waals surface area contributed by atoms with E-state index in [4.69, 9.17) is 4.52 Å². The molecular weight excluding hydrogens is 182 g/mol. The summed E-state index contributed by atoms with van der Waals surface area (Å²) in [4.78, 5) is 10.6. The Morgan fingerprint density at radius 1 is 1.79 bits per heavy atom. The fraction of sp³-hybridized carbons (Fsp3) is 0.556. The number of hydrogen-bond donors (Lipinski definition) is 2. The number of aromatic nitrogens is 1. The first-order valence-corrected chi connectivity index (χ1v) is 4.66. The number of hydrogen-bond acceptors (Lipinski definition) is 4. The van der Waals surface area contributed by atoms with Gasteiger partial charge in [0.05, 0.1) is 12.2 Å². The molecule has 0 saturated carbocycles. The fourth-order valence-corrected chi connectivity index (χ4v) is 1.31. The third-order valence-corrected chi connectivity index (χ3v) is 2.29. The first-order chi connectivity index (χ1) is 6.75. The second-order valence-electron chi connectivity index (χ2n) is 3.48. The van der Waals surface area contributed by atoms with Gasteiger partial charge in [0.25, 0.3) is 0 Å². The molecule has 0 aliphatic carbocycles. The maximum absolute atomic E-state index is 10.6. The van der Waals surface area contributed by atoms with Crippen molar-refractivity contribution in [2.24, 2.45) is 0 Å². The minimum Gasteiger partial charge on any atom is -0.359 e. The molecule has 0 spiro atoms. The Balaban J connectivity index is 1.92. The summed E-state index contributed by atoms with van der Waals surface area (Å²) in [6.45, 7) is 3.83. The van der Waals surface area contributed by atoms with E-state index in [1.807, 2.05) is 6.07 Å². The normalized spacial score (nSPS) is 16.4. The molecule has 0 aromatic carbocycles. The summed E-state index contributed by atoms with van der Waals surface area (Å²) in [6, 6.07) is 1.90. The highest BCUT2D eigenvalue weighted by atomic mass is 16.5. The van der Waals surface area contributed by atoms with Crippen LogP contribution in [0.3, 0.4) is 0 Å². The highest BCUT2D eigenvalue weighted by Crippen LogP contribution is 2.19. The molecular formula is C9H13N3O2. The summed E-state index contributed by atoms with van der Waals surface area (Å²) in [5.41, 5.74) is 0.976. The van der Waals surface area contributed by atoms with Gasteiger partial charge in [-0.15, -0.1) is 0 Å². The van der Waals surface area contributed by atoms with Gasteiger partial charge < -0.3 is 15.2 Å². The van der Waals surface area contributed by atoms with Crippen LogP contribution in [0.4, 0.5) is 0 Å². The van der Waals surface area contributed by atoms with Crippen LogP contribution in [-0.2, 0) is 11.3 Å². The van der Waals surface area contributed by atoms with Gasteiger partial charge in [0.15, 0.2) is 5.76 Å². The first-order valence-electron chi connectivity index (χ1n) is 4.66. The Morgan fingerprint density at radius 2 is 2.57 bits per heavy atom. The summed E-state index contributed by atoms with van der Waals surface area (Å²) in [5, 5.41) is 9.78. The molecule has 0 bridgehead atoms. The smallest absolute Gasteiger partial charge is 0.217 e. The van der Waals surface area contributed by atoms with Gasteiger partial charge in [0, 0.05) is 32.0 Å². The highest BCUT2D eigenvalue weighted by molar-refractivity contribution is 5.72. The van der Waals surface area contributed by atoms with Crippen LogP contribution in [-0.4, -0.2) is 24.2 Å². The summed E-state index contributed by atoms with van der Waals surface area (Å²) in [6.07, 6.45) is 0. The zero-order chi connectivity index (χ0) is 9.97. The summed E-state index contributed by atoms with van der Waals surface area (Å²) < 4.78 is 5.08. The molecule has 1 aliphatic rings. The van der Waals surface area contributed by atoms with Crippen LogP contribution in [0.25, 0.3) is 0 Å². The number of rotatable bonds is 3. The van der Waals surface area contributed by atoms with Crippen molar-refractivity contribution in [2.45, 2.75) is 19.4 Å². The zero-order valence-electron chi connectivity index (χ0n) is 8.04. The Labute approximate surface area is 81.8 Å². The van der Waals surface area contributed by atoms with Crippen LogP contribution in [0.5, 0.6) is 0 Å². The lowest BCUT2D eigenvalue weighted by Gasteiger charge is -2.24. The lowest BCUT2D eigenvalue weighted by atomic mass is 9.99. The van der Waals surface area contributed by atoms with Crippen molar-refractivity contribution in [1.29, 1.82) is 0 Å². The average molecular weight is 195 g/mol. The van der Waals surface area contributed by atoms with Crippen LogP contribution in [0.2, 0.25) is 0 Å². The second-order valence-corrected chi connectivity index (χ2v) is 3.48. The molecule has 76 valence electrons. The van der Waals surface area contributed by atoms with E-state index in [-0.39, 0.29) is 5.91 Å². The second kappa shape index (κ2) is 3.79. The van der Waals surface area contributed by atoms with Crippen LogP contribution < -0.4 is 10.6 Å². The van der Waals surface area contributed by atoms with Gasteiger partial charge in [0.2, 0.25) is 5.91 Å². The van der Waals surface area contributed by atoms with Crippen molar-refractivity contribution >= 4 is 5.91 Å². The quantitative estimate of drug-likeness (QED) is 0.712. The Hall–Kier alpha value is -1.36. The minimum absolute atomic E-state index is 0.0618. The van der Waals surface area contributed by atoms with E-state index in [1.165, 1.54) is 6.92 Å². The molecule has 5 heteroatoms. The zero-order valence-corrected chi connectivity index (χ0v) is 8.04. The molecule has 0 atom stereocenters. The molecule has 0 radical (unpaired) electrons. The van der Waals surface area contributed by atoms with Gasteiger partial charge in [-0.25, -0.2) is 0 Å². The van der Waals surface area contributed by atoms with E-state index in [0.29, 0.717) is 18.2 Å². The molecule has 1 aliphatic heterocycles. The third kappa shape index (κ3) is 1.93. The molecule has 0 unspecified atom stereocenters. The van der Waals surface area contributed by atoms with Gasteiger partial charge in [-0.1, -0.05) is 5.16 Å². The summed E-state index contributed by atoms with van der Waals surface area (Å²) in [5.74, 6) is 1.13. The number of carbonyl (C=O) groups excluding carboxylic acids is 1. The largest absolute Gasteiger partial charge is 0.359 e. The molecule has 1 aromatic heterocycles. The van der Waals surface area contributed by atoms with E-state index >= 15 is 0 Å². The van der Waals surface area contributed by atoms with Gasteiger partial charge in [-0.3, -0.25) is 4.79 Å². The monoisotopic (exact) mass is 195 g/mol. The van der Waals surface area contributed by atoms with Crippen molar-refractivity contribution in [1.82, 2.24) is 15.8 Å². The first kappa shape index (κ1) is 9.21. The predicted octanol–water partition coefficient (Wildman–Crippen LogP) is -0.00250. The third-order valence-electron chi connectivity index (χ3n) is 2.29. The molecule has 1 saturated heterocycles. The number of amides is 1. The lowest BCUT2D eigenvalue weighted by molar-refractivity contribution is -0.119. The van der Waals surface area contributed by atoms with E-state index in [9.17, 15) is 4.79 Å². The van der Waals surface area contributed by atoms with Crippen molar-refractivity contribution < 1.29 is 9.32 Å². The van der Waals surface area contributed by atoms with Crippen molar-refractivity contribution in [3.8, 4) is 0 Å². The standard InChI is InChI=1S/C9H13N3O2/c1-6(13)11-5-8-2-9(12-14-8)7-3-10-4-7/h2,7,10H,3-5H2,1H3,(H,11,13). The summed E-state index contributed by atoms with van der Waals surface area (Å²) in [7, 11) is 0. The highest BCUT2D eigenvalue weighted by Gasteiger charge is 2.22. The van der Waals surface area contributed by atoms with Crippen molar-refractivity contribution in [3.63, 3.8) is 0 Å². The van der Waals surface area contributed by atoms with Gasteiger partial charge >= 0.3 is 0 Å². The Bertz CT molecular complexity index is 331. The molecule has 1 amide bonds.